The number of rotatable bonds is 24. The van der Waals surface area contributed by atoms with Crippen LogP contribution in [0.5, 0.6) is 5.75 Å². The van der Waals surface area contributed by atoms with Crippen molar-refractivity contribution < 1.29 is 91.6 Å². The first-order valence-electron chi connectivity index (χ1n) is 33.4. The van der Waals surface area contributed by atoms with Gasteiger partial charge in [0, 0.05) is 139 Å². The topological polar surface area (TPSA) is 470 Å². The van der Waals surface area contributed by atoms with Gasteiger partial charge in [-0.3, -0.25) is 62.7 Å². The smallest absolute Gasteiger partial charge is 0.508 e. The van der Waals surface area contributed by atoms with E-state index in [0.29, 0.717) is 62.2 Å². The van der Waals surface area contributed by atoms with Crippen LogP contribution in [0.25, 0.3) is 0 Å². The van der Waals surface area contributed by atoms with Crippen molar-refractivity contribution in [1.29, 1.82) is 0 Å². The second kappa shape index (κ2) is 60.8. The number of aliphatic carboxylic acids is 1. The van der Waals surface area contributed by atoms with Gasteiger partial charge in [0.25, 0.3) is 0 Å². The number of ketones is 3. The number of carboxylic acid groups (broad SMARTS) is 1. The van der Waals surface area contributed by atoms with E-state index in [-0.39, 0.29) is 110 Å². The molecule has 5 rings (SSSR count). The number of nitrogens with two attached hydrogens (primary N) is 4. The molecule has 3 fully saturated rings. The number of carbonyl (C=O) groups excluding carboxylic acids is 11. The summed E-state index contributed by atoms with van der Waals surface area (Å²) in [6.45, 7) is 4.84. The Balaban J connectivity index is 0. The number of amides is 8. The number of aliphatic imine (C=N–C) groups is 2. The van der Waals surface area contributed by atoms with Gasteiger partial charge in [0.15, 0.2) is 17.5 Å². The first-order chi connectivity index (χ1) is 49.2. The van der Waals surface area contributed by atoms with Crippen molar-refractivity contribution in [3.63, 3.8) is 0 Å². The van der Waals surface area contributed by atoms with Crippen molar-refractivity contribution in [2.24, 2.45) is 44.8 Å². The first-order valence-corrected chi connectivity index (χ1v) is 45.4. The number of phenols is 1. The van der Waals surface area contributed by atoms with Gasteiger partial charge in [0.05, 0.1) is 37.2 Å². The van der Waals surface area contributed by atoms with Gasteiger partial charge in [-0.15, -0.1) is 0 Å². The third kappa shape index (κ3) is 47.0. The van der Waals surface area contributed by atoms with E-state index in [2.05, 4.69) is 74.9 Å². The van der Waals surface area contributed by atoms with Gasteiger partial charge in [-0.2, -0.15) is 0 Å². The van der Waals surface area contributed by atoms with Gasteiger partial charge in [-0.05, 0) is 107 Å². The quantitative estimate of drug-likeness (QED) is 0.0234. The number of carboxylic acids is 1. The minimum atomic E-state index is -1.36. The Kier molecular flexibility index (Phi) is 58.5. The minimum Gasteiger partial charge on any atom is -0.508 e. The summed E-state index contributed by atoms with van der Waals surface area (Å²) in [6.07, 6.45) is 10.3. The molecule has 2 heterocycles. The second-order valence-electron chi connectivity index (χ2n) is 24.1. The molecule has 1 saturated carbocycles. The third-order valence-corrected chi connectivity index (χ3v) is 31.1. The summed E-state index contributed by atoms with van der Waals surface area (Å²) in [4.78, 5) is 164. The molecule has 2 saturated heterocycles. The zero-order valence-corrected chi connectivity index (χ0v) is 70.0. The van der Waals surface area contributed by atoms with Gasteiger partial charge in [-0.25, -0.2) is 4.39 Å². The summed E-state index contributed by atoms with van der Waals surface area (Å²) < 4.78 is 13.5. The molecule has 8 amide bonds. The molecule has 40 heteroatoms. The monoisotopic (exact) mass is 1760 g/mol. The van der Waals surface area contributed by atoms with Crippen molar-refractivity contribution in [2.75, 3.05) is 32.7 Å². The third-order valence-electron chi connectivity index (χ3n) is 15.5. The van der Waals surface area contributed by atoms with Crippen LogP contribution in [0, 0.1) is 32.5 Å². The Morgan fingerprint density at radius 1 is 0.509 bits per heavy atom. The molecule has 28 nitrogen and oxygen atoms in total. The Morgan fingerprint density at radius 2 is 0.868 bits per heavy atom. The number of hydrogen-bond acceptors (Lipinski definition) is 18. The van der Waals surface area contributed by atoms with Gasteiger partial charge >= 0.3 is 25.4 Å². The summed E-state index contributed by atoms with van der Waals surface area (Å²) in [5.74, 6) is -11.0. The summed E-state index contributed by atoms with van der Waals surface area (Å²) in [7, 11) is 12.7. The van der Waals surface area contributed by atoms with Crippen molar-refractivity contribution in [3.05, 3.63) is 80.3 Å². The number of amidine groups is 1. The number of nitrogens with zero attached hydrogens (tertiary/aromatic N) is 2. The maximum Gasteiger partial charge on any atom is 3.00 e. The number of benzene rings is 2. The number of guanidine groups is 1. The van der Waals surface area contributed by atoms with E-state index in [0.717, 1.165) is 12.8 Å². The molecule has 595 valence electrons. The van der Waals surface area contributed by atoms with E-state index >= 15 is 0 Å². The Labute approximate surface area is 666 Å². The van der Waals surface area contributed by atoms with Gasteiger partial charge in [0.2, 0.25) is 47.3 Å². The molecule has 2 aromatic carbocycles. The SMILES string of the molecule is C1CCCC1.CCCCCC1NC(=O)C(Cc2ccc(O)cc2)NC(=O)C(CC(C)=O)CC(=O)CNC(=O)C(CCCN=C(C)N)NC1=O.NCCCCC1NC(=O)C(Cc2ccc([18F])cc2)NC(=O)C(CC(=O)O)CC(=O)CNC(=O)C(CCCN=C(N)N)NC1=O.S=S=S=S=S=S=S=S=S=S.[CH3-].[CH3-].[Ru+3]. The van der Waals surface area contributed by atoms with Crippen LogP contribution in [0.15, 0.2) is 58.5 Å². The standard InChI is InChI=1S/C31H46N6O7.C28H41FN8O7.C5H10.2CH3.Ru.S10/c1-4-5-6-8-26-30(43)35-25(9-7-14-33-20(3)32)29(42)34-18-24(40)17-22(15-19(2)38)28(41)37-27(31(44)36-26)16-21-10-12-23(39)13-11-21;29-18-8-6-16(7-9-18)12-22-27(44)36-21(4-1-2-10-30)26(43)35-20(5-3-11-33-28(31)32)25(42)34-15-19(38)13-17(14-23(39)40)24(41)37-22;1-2-4-5-3-1;;;;1-3-5-7-9-10-8-6-4-2/h10-13,22,25-27,39H,4-9,14-18H2,1-3H3,(H2,32,33)(H,34,42)(H,35,43)(H,36,44)(H,37,41);6-9,17,20-22H,1-5,10-15,30H2,(H,34,42)(H,35,43)(H,36,44)(H,37,41)(H,39,40)(H4,31,32,33);1-5H2;2*1H3;;/q;;;2*-1;+3;/i;29-1;;;;;. The molecule has 2 aromatic rings. The van der Waals surface area contributed by atoms with Gasteiger partial charge in [0.1, 0.15) is 53.6 Å². The van der Waals surface area contributed by atoms with Crippen LogP contribution < -0.4 is 65.5 Å². The van der Waals surface area contributed by atoms with E-state index in [4.69, 9.17) is 22.9 Å². The summed E-state index contributed by atoms with van der Waals surface area (Å²) in [5, 5.41) is 40.0. The van der Waals surface area contributed by atoms with Crippen molar-refractivity contribution in [1.82, 2.24) is 42.5 Å². The van der Waals surface area contributed by atoms with Crippen LogP contribution in [0.2, 0.25) is 0 Å². The van der Waals surface area contributed by atoms with E-state index < -0.39 is 145 Å². The summed E-state index contributed by atoms with van der Waals surface area (Å²) in [6, 6.07) is 4.51. The van der Waals surface area contributed by atoms with E-state index in [1.165, 1.54) is 93.2 Å². The molecule has 0 bridgehead atoms. The Bertz CT molecular complexity index is 3380. The first kappa shape index (κ1) is 102. The molecule has 0 aromatic heterocycles. The molecule has 8 atom stereocenters. The molecule has 8 unspecified atom stereocenters. The molecule has 0 spiro atoms. The Morgan fingerprint density at radius 3 is 1.25 bits per heavy atom. The van der Waals surface area contributed by atoms with Crippen LogP contribution in [0.4, 0.5) is 4.39 Å². The fraction of sp³-hybridized carbons (Fsp3) is 0.576. The number of nitrogens with one attached hydrogen (secondary N) is 8. The molecule has 2 aliphatic heterocycles. The number of aromatic hydroxyl groups is 1. The minimum absolute atomic E-state index is 0. The number of Topliss-reactive ketones (excluding diaryl/α,β-unsaturated/α-hetero) is 3. The molecule has 18 N–H and O–H groups in total. The number of phenolic OH excluding ortho intramolecular Hbond substituents is 1. The number of hydrogen-bond donors (Lipinski definition) is 14. The summed E-state index contributed by atoms with van der Waals surface area (Å²) >= 11 is 9.31. The van der Waals surface area contributed by atoms with E-state index in [9.17, 15) is 72.1 Å². The normalized spacial score (nSPS) is 20.3. The Hall–Kier alpha value is -6.07. The maximum absolute atomic E-state index is 13.7. The fourth-order valence-electron chi connectivity index (χ4n) is 10.4. The van der Waals surface area contributed by atoms with E-state index in [1.54, 1.807) is 72.3 Å². The average molecular weight is 1760 g/mol. The summed E-state index contributed by atoms with van der Waals surface area (Å²) in [5.41, 5.74) is 23.0. The maximum atomic E-state index is 13.7. The molecule has 106 heavy (non-hydrogen) atoms. The predicted octanol–water partition coefficient (Wildman–Crippen LogP) is 1.82. The van der Waals surface area contributed by atoms with Crippen LogP contribution in [0.3, 0.4) is 0 Å². The fourth-order valence-corrected chi connectivity index (χ4v) is 26.8. The van der Waals surface area contributed by atoms with Crippen LogP contribution >= 0.6 is 0 Å². The van der Waals surface area contributed by atoms with Crippen molar-refractivity contribution in [3.8, 4) is 5.75 Å². The van der Waals surface area contributed by atoms with Crippen LogP contribution in [-0.4, -0.2) is 162 Å². The molecule has 1 aliphatic carbocycles. The largest absolute Gasteiger partial charge is 3.00 e. The molecular weight excluding hydrogens is 1650 g/mol. The van der Waals surface area contributed by atoms with E-state index in [1.807, 2.05) is 6.92 Å². The number of carbonyl (C=O) groups is 12. The second-order valence-corrected chi connectivity index (χ2v) is 38.2. The molecular formula is C66H103FN14O14RuS10+. The van der Waals surface area contributed by atoms with Gasteiger partial charge < -0.3 is 95.3 Å². The van der Waals surface area contributed by atoms with Crippen LogP contribution in [0.1, 0.15) is 160 Å². The molecule has 1 radical (unpaired) electrons. The number of unbranched alkanes of at least 4 members (excludes halogenated alkanes) is 3. The van der Waals surface area contributed by atoms with Crippen molar-refractivity contribution >= 4 is 176 Å². The molecule has 3 aliphatic rings. The van der Waals surface area contributed by atoms with Crippen molar-refractivity contribution in [2.45, 2.75) is 198 Å². The number of halogens is 1. The zero-order chi connectivity index (χ0) is 76.5. The average Bonchev–Trinajstić information content (AvgIpc) is 1.30. The van der Waals surface area contributed by atoms with Gasteiger partial charge in [-0.1, -0.05) is 82.6 Å². The zero-order valence-electron chi connectivity index (χ0n) is 60.1. The van der Waals surface area contributed by atoms with Crippen LogP contribution in [-0.2, 0) is 183 Å². The predicted molar refractivity (Wildman–Crippen MR) is 431 cm³/mol.